The van der Waals surface area contributed by atoms with Gasteiger partial charge < -0.3 is 9.47 Å². The number of hydrogen-bond acceptors (Lipinski definition) is 7. The number of rotatable bonds is 6. The molecule has 8 heteroatoms. The van der Waals surface area contributed by atoms with Crippen LogP contribution in [0.1, 0.15) is 4.88 Å². The highest BCUT2D eigenvalue weighted by Gasteiger charge is 2.21. The van der Waals surface area contributed by atoms with Crippen LogP contribution in [-0.4, -0.2) is 33.3 Å². The van der Waals surface area contributed by atoms with Gasteiger partial charge in [-0.25, -0.2) is 4.79 Å². The third kappa shape index (κ3) is 4.22. The number of ether oxygens (including phenoxy) is 2. The minimum absolute atomic E-state index is 0.201. The van der Waals surface area contributed by atoms with E-state index in [1.165, 1.54) is 16.0 Å². The van der Waals surface area contributed by atoms with E-state index in [1.54, 1.807) is 37.5 Å². The summed E-state index contributed by atoms with van der Waals surface area (Å²) in [5, 5.41) is 13.8. The Morgan fingerprint density at radius 1 is 1.00 bits per heavy atom. The molecule has 0 atom stereocenters. The summed E-state index contributed by atoms with van der Waals surface area (Å²) in [6.07, 6.45) is 1.71. The molecular weight excluding hydrogens is 388 g/mol. The molecule has 0 unspecified atom stereocenters. The summed E-state index contributed by atoms with van der Waals surface area (Å²) in [6.45, 7) is 0. The molecule has 0 aliphatic heterocycles. The Bertz CT molecular complexity index is 1120. The van der Waals surface area contributed by atoms with Crippen LogP contribution < -0.4 is 9.47 Å². The van der Waals surface area contributed by atoms with Crippen molar-refractivity contribution in [2.75, 3.05) is 7.11 Å². The molecule has 2 aromatic heterocycles. The molecule has 29 heavy (non-hydrogen) atoms. The second-order valence-electron chi connectivity index (χ2n) is 5.89. The van der Waals surface area contributed by atoms with Crippen LogP contribution >= 0.6 is 11.3 Å². The van der Waals surface area contributed by atoms with Crippen molar-refractivity contribution in [2.45, 2.75) is 0 Å². The lowest BCUT2D eigenvalue weighted by atomic mass is 10.2. The lowest BCUT2D eigenvalue weighted by Crippen LogP contribution is -2.17. The van der Waals surface area contributed by atoms with Gasteiger partial charge in [-0.2, -0.15) is 4.68 Å². The van der Waals surface area contributed by atoms with Gasteiger partial charge in [0, 0.05) is 10.4 Å². The van der Waals surface area contributed by atoms with Crippen LogP contribution in [0, 0.1) is 0 Å². The van der Waals surface area contributed by atoms with Gasteiger partial charge in [-0.05, 0) is 52.2 Å². The molecule has 0 aliphatic carbocycles. The Labute approximate surface area is 170 Å². The maximum absolute atomic E-state index is 13.0. The van der Waals surface area contributed by atoms with Crippen LogP contribution in [0.25, 0.3) is 23.2 Å². The zero-order valence-corrected chi connectivity index (χ0v) is 16.2. The number of carbonyl (C=O) groups excluding carboxylic acids is 1. The lowest BCUT2D eigenvalue weighted by Gasteiger charge is -2.10. The van der Waals surface area contributed by atoms with Crippen LogP contribution in [0.3, 0.4) is 0 Å². The van der Waals surface area contributed by atoms with Gasteiger partial charge in [0.2, 0.25) is 0 Å². The van der Waals surface area contributed by atoms with Crippen molar-refractivity contribution in [3.05, 3.63) is 77.0 Å². The molecule has 0 spiro atoms. The Morgan fingerprint density at radius 3 is 2.45 bits per heavy atom. The van der Waals surface area contributed by atoms with Crippen LogP contribution in [0.2, 0.25) is 0 Å². The van der Waals surface area contributed by atoms with Crippen molar-refractivity contribution in [2.24, 2.45) is 0 Å². The number of hydrogen-bond donors (Lipinski definition) is 0. The van der Waals surface area contributed by atoms with Crippen LogP contribution in [-0.2, 0) is 4.79 Å². The molecule has 0 radical (unpaired) electrons. The highest BCUT2D eigenvalue weighted by atomic mass is 32.1. The van der Waals surface area contributed by atoms with Crippen LogP contribution in [0.15, 0.2) is 72.1 Å². The Morgan fingerprint density at radius 2 is 1.76 bits per heavy atom. The summed E-state index contributed by atoms with van der Waals surface area (Å²) in [6, 6.07) is 20.0. The number of nitrogens with zero attached hydrogens (tertiary/aromatic N) is 4. The fourth-order valence-electron chi connectivity index (χ4n) is 2.63. The molecule has 0 fully saturated rings. The van der Waals surface area contributed by atoms with E-state index in [-0.39, 0.29) is 5.70 Å². The third-order valence-electron chi connectivity index (χ3n) is 4.03. The SMILES string of the molecule is COc1ccc(OC(=O)/C(=C/c2cccs2)n2nnnc2-c2ccccc2)cc1. The molecule has 144 valence electrons. The largest absolute Gasteiger partial charge is 0.497 e. The zero-order valence-electron chi connectivity index (χ0n) is 15.4. The van der Waals surface area contributed by atoms with Crippen LogP contribution in [0.5, 0.6) is 11.5 Å². The maximum atomic E-state index is 13.0. The molecule has 0 amide bonds. The summed E-state index contributed by atoms with van der Waals surface area (Å²) in [7, 11) is 1.58. The van der Waals surface area contributed by atoms with Crippen molar-refractivity contribution < 1.29 is 14.3 Å². The standard InChI is InChI=1S/C21H16N4O3S/c1-27-16-9-11-17(12-10-16)28-21(26)19(14-18-8-5-13-29-18)25-20(22-23-24-25)15-6-3-2-4-7-15/h2-14H,1H3/b19-14-. The minimum atomic E-state index is -0.576. The molecule has 0 saturated carbocycles. The van der Waals surface area contributed by atoms with Gasteiger partial charge >= 0.3 is 5.97 Å². The molecule has 0 N–H and O–H groups in total. The van der Waals surface area contributed by atoms with E-state index in [2.05, 4.69) is 15.5 Å². The first-order chi connectivity index (χ1) is 14.2. The van der Waals surface area contributed by atoms with E-state index in [9.17, 15) is 4.79 Å². The third-order valence-corrected chi connectivity index (χ3v) is 4.85. The normalized spacial score (nSPS) is 11.3. The van der Waals surface area contributed by atoms with Crippen molar-refractivity contribution >= 4 is 29.1 Å². The Hall–Kier alpha value is -3.78. The molecule has 0 aliphatic rings. The van der Waals surface area contributed by atoms with E-state index in [0.29, 0.717) is 17.3 Å². The monoisotopic (exact) mass is 404 g/mol. The van der Waals surface area contributed by atoms with Crippen molar-refractivity contribution in [1.82, 2.24) is 20.2 Å². The van der Waals surface area contributed by atoms with Gasteiger partial charge in [-0.3, -0.25) is 0 Å². The minimum Gasteiger partial charge on any atom is -0.497 e. The molecule has 7 nitrogen and oxygen atoms in total. The van der Waals surface area contributed by atoms with Crippen molar-refractivity contribution in [3.63, 3.8) is 0 Å². The van der Waals surface area contributed by atoms with E-state index >= 15 is 0 Å². The van der Waals surface area contributed by atoms with Gasteiger partial charge in [-0.15, -0.1) is 16.4 Å². The quantitative estimate of drug-likeness (QED) is 0.274. The number of benzene rings is 2. The van der Waals surface area contributed by atoms with E-state index in [0.717, 1.165) is 10.4 Å². The second-order valence-corrected chi connectivity index (χ2v) is 6.87. The summed E-state index contributed by atoms with van der Waals surface area (Å²) < 4.78 is 12.1. The fraction of sp³-hybridized carbons (Fsp3) is 0.0476. The Kier molecular flexibility index (Phi) is 5.44. The molecule has 4 aromatic rings. The highest BCUT2D eigenvalue weighted by Crippen LogP contribution is 2.24. The predicted octanol–water partition coefficient (Wildman–Crippen LogP) is 4.01. The van der Waals surface area contributed by atoms with Gasteiger partial charge in [0.25, 0.3) is 0 Å². The van der Waals surface area contributed by atoms with E-state index < -0.39 is 5.97 Å². The summed E-state index contributed by atoms with van der Waals surface area (Å²) >= 11 is 1.50. The number of thiophene rings is 1. The first-order valence-electron chi connectivity index (χ1n) is 8.70. The molecule has 4 rings (SSSR count). The van der Waals surface area contributed by atoms with Gasteiger partial charge in [0.15, 0.2) is 11.5 Å². The molecule has 2 heterocycles. The number of tetrazole rings is 1. The van der Waals surface area contributed by atoms with Crippen molar-refractivity contribution in [1.29, 1.82) is 0 Å². The summed E-state index contributed by atoms with van der Waals surface area (Å²) in [5.74, 6) is 0.932. The van der Waals surface area contributed by atoms with E-state index in [1.807, 2.05) is 47.8 Å². The first-order valence-corrected chi connectivity index (χ1v) is 9.58. The Balaban J connectivity index is 1.72. The zero-order chi connectivity index (χ0) is 20.1. The molecule has 0 bridgehead atoms. The molecule has 0 saturated heterocycles. The second kappa shape index (κ2) is 8.49. The number of esters is 1. The molecular formula is C21H16N4O3S. The summed E-state index contributed by atoms with van der Waals surface area (Å²) in [5.41, 5.74) is 0.985. The topological polar surface area (TPSA) is 79.1 Å². The number of methoxy groups -OCH3 is 1. The van der Waals surface area contributed by atoms with Gasteiger partial charge in [0.1, 0.15) is 11.5 Å². The van der Waals surface area contributed by atoms with Gasteiger partial charge in [-0.1, -0.05) is 36.4 Å². The lowest BCUT2D eigenvalue weighted by molar-refractivity contribution is -0.128. The smallest absolute Gasteiger partial charge is 0.362 e. The number of aromatic nitrogens is 4. The predicted molar refractivity (Wildman–Crippen MR) is 110 cm³/mol. The fourth-order valence-corrected chi connectivity index (χ4v) is 3.29. The summed E-state index contributed by atoms with van der Waals surface area (Å²) in [4.78, 5) is 13.9. The van der Waals surface area contributed by atoms with Crippen molar-refractivity contribution in [3.8, 4) is 22.9 Å². The van der Waals surface area contributed by atoms with Gasteiger partial charge in [0.05, 0.1) is 7.11 Å². The maximum Gasteiger partial charge on any atom is 0.362 e. The average Bonchev–Trinajstić information content (AvgIpc) is 3.45. The first kappa shape index (κ1) is 18.6. The van der Waals surface area contributed by atoms with Crippen LogP contribution in [0.4, 0.5) is 0 Å². The average molecular weight is 404 g/mol. The number of carbonyl (C=O) groups is 1. The highest BCUT2D eigenvalue weighted by molar-refractivity contribution is 7.10. The molecule has 2 aromatic carbocycles. The van der Waals surface area contributed by atoms with E-state index in [4.69, 9.17) is 9.47 Å².